The number of benzene rings is 7. The van der Waals surface area contributed by atoms with Gasteiger partial charge in [-0.3, -0.25) is 0 Å². The Hall–Kier alpha value is -5.38. The first-order valence-electron chi connectivity index (χ1n) is 14.5. The van der Waals surface area contributed by atoms with Crippen molar-refractivity contribution in [3.05, 3.63) is 170 Å². The van der Waals surface area contributed by atoms with E-state index in [9.17, 15) is 0 Å². The Labute approximate surface area is 255 Å². The molecule has 2 nitrogen and oxygen atoms in total. The number of hydrogen-bond donors (Lipinski definition) is 0. The minimum absolute atomic E-state index is 1.11. The molecule has 0 N–H and O–H groups in total. The minimum Gasteiger partial charge on any atom is -0.308 e. The topological polar surface area (TPSA) is 6.48 Å². The molecule has 0 aliphatic carbocycles. The van der Waals surface area contributed by atoms with Crippen LogP contribution < -0.4 is 9.80 Å². The molecule has 0 unspecified atom stereocenters. The third kappa shape index (κ3) is 4.42. The van der Waals surface area contributed by atoms with Crippen molar-refractivity contribution in [3.63, 3.8) is 0 Å². The predicted octanol–water partition coefficient (Wildman–Crippen LogP) is 12.1. The van der Waals surface area contributed by atoms with Crippen molar-refractivity contribution in [1.29, 1.82) is 0 Å². The van der Waals surface area contributed by atoms with Crippen LogP contribution in [0.4, 0.5) is 34.1 Å². The summed E-state index contributed by atoms with van der Waals surface area (Å²) in [6, 6.07) is 60.7. The molecule has 0 fully saturated rings. The Kier molecular flexibility index (Phi) is 6.36. The second kappa shape index (κ2) is 10.8. The Morgan fingerprint density at radius 2 is 0.860 bits per heavy atom. The number of hydrogen-bond acceptors (Lipinski definition) is 3. The fourth-order valence-corrected chi connectivity index (χ4v) is 7.38. The van der Waals surface area contributed by atoms with Crippen molar-refractivity contribution in [2.24, 2.45) is 0 Å². The lowest BCUT2D eigenvalue weighted by Gasteiger charge is -2.33. The van der Waals surface area contributed by atoms with Gasteiger partial charge >= 0.3 is 0 Å². The lowest BCUT2D eigenvalue weighted by atomic mass is 10.0. The van der Waals surface area contributed by atoms with Crippen LogP contribution in [0.5, 0.6) is 0 Å². The van der Waals surface area contributed by atoms with Crippen LogP contribution in [0.1, 0.15) is 0 Å². The molecule has 3 heteroatoms. The summed E-state index contributed by atoms with van der Waals surface area (Å²) in [5.41, 5.74) is 6.74. The number of para-hydroxylation sites is 4. The highest BCUT2D eigenvalue weighted by atomic mass is 32.1. The molecule has 0 amide bonds. The molecule has 204 valence electrons. The first-order chi connectivity index (χ1) is 21.4. The first kappa shape index (κ1) is 25.3. The van der Waals surface area contributed by atoms with Gasteiger partial charge in [-0.1, -0.05) is 109 Å². The molecule has 0 bridgehead atoms. The van der Waals surface area contributed by atoms with Crippen molar-refractivity contribution in [1.82, 2.24) is 0 Å². The van der Waals surface area contributed by atoms with Crippen molar-refractivity contribution >= 4 is 76.4 Å². The quantitative estimate of drug-likeness (QED) is 0.197. The molecular formula is C40H28N2S. The Balaban J connectivity index is 1.53. The highest BCUT2D eigenvalue weighted by Gasteiger charge is 2.26. The van der Waals surface area contributed by atoms with E-state index in [2.05, 4.69) is 180 Å². The molecule has 0 atom stereocenters. The van der Waals surface area contributed by atoms with Crippen molar-refractivity contribution in [2.75, 3.05) is 9.80 Å². The summed E-state index contributed by atoms with van der Waals surface area (Å²) in [4.78, 5) is 4.81. The smallest absolute Gasteiger partial charge is 0.0883 e. The van der Waals surface area contributed by atoms with Gasteiger partial charge in [-0.25, -0.2) is 0 Å². The van der Waals surface area contributed by atoms with Gasteiger partial charge in [0.25, 0.3) is 0 Å². The van der Waals surface area contributed by atoms with Gasteiger partial charge in [0.2, 0.25) is 0 Å². The maximum atomic E-state index is 2.42. The molecule has 0 saturated carbocycles. The summed E-state index contributed by atoms with van der Waals surface area (Å²) in [5, 5.41) is 5.14. The second-order valence-electron chi connectivity index (χ2n) is 10.6. The highest BCUT2D eigenvalue weighted by Crippen LogP contribution is 2.52. The van der Waals surface area contributed by atoms with Gasteiger partial charge in [0.15, 0.2) is 0 Å². The van der Waals surface area contributed by atoms with Crippen LogP contribution in [0.15, 0.2) is 170 Å². The number of fused-ring (bicyclic) bond motifs is 5. The molecule has 1 heterocycles. The maximum absolute atomic E-state index is 2.42. The number of thiophene rings is 1. The van der Waals surface area contributed by atoms with E-state index in [1.54, 1.807) is 0 Å². The number of rotatable bonds is 6. The predicted molar refractivity (Wildman–Crippen MR) is 186 cm³/mol. The van der Waals surface area contributed by atoms with E-state index in [0.717, 1.165) is 34.1 Å². The zero-order chi connectivity index (χ0) is 28.6. The van der Waals surface area contributed by atoms with Gasteiger partial charge in [-0.2, -0.15) is 0 Å². The van der Waals surface area contributed by atoms with Crippen molar-refractivity contribution in [2.45, 2.75) is 0 Å². The first-order valence-corrected chi connectivity index (χ1v) is 15.4. The monoisotopic (exact) mass is 568 g/mol. The lowest BCUT2D eigenvalue weighted by Crippen LogP contribution is -2.17. The fraction of sp³-hybridized carbons (Fsp3) is 0. The molecule has 0 spiro atoms. The third-order valence-corrected chi connectivity index (χ3v) is 9.18. The maximum Gasteiger partial charge on any atom is 0.0883 e. The van der Waals surface area contributed by atoms with Gasteiger partial charge < -0.3 is 9.80 Å². The van der Waals surface area contributed by atoms with Crippen LogP contribution in [-0.2, 0) is 0 Å². The van der Waals surface area contributed by atoms with Gasteiger partial charge in [0.1, 0.15) is 0 Å². The van der Waals surface area contributed by atoms with Gasteiger partial charge in [0.05, 0.1) is 16.1 Å². The molecule has 0 radical (unpaired) electrons. The van der Waals surface area contributed by atoms with Crippen LogP contribution in [0.3, 0.4) is 0 Å². The molecule has 8 rings (SSSR count). The molecular weight excluding hydrogens is 541 g/mol. The molecule has 7 aromatic carbocycles. The Morgan fingerprint density at radius 1 is 0.372 bits per heavy atom. The van der Waals surface area contributed by atoms with Crippen LogP contribution in [0, 0.1) is 0 Å². The average Bonchev–Trinajstić information content (AvgIpc) is 3.47. The summed E-state index contributed by atoms with van der Waals surface area (Å²) in [6.45, 7) is 0. The van der Waals surface area contributed by atoms with E-state index < -0.39 is 0 Å². The van der Waals surface area contributed by atoms with Crippen molar-refractivity contribution < 1.29 is 0 Å². The van der Waals surface area contributed by atoms with E-state index in [1.807, 2.05) is 11.3 Å². The highest BCUT2D eigenvalue weighted by molar-refractivity contribution is 7.26. The lowest BCUT2D eigenvalue weighted by molar-refractivity contribution is 1.24. The molecule has 0 aliphatic heterocycles. The van der Waals surface area contributed by atoms with Crippen LogP contribution >= 0.6 is 11.3 Å². The molecule has 1 aromatic heterocycles. The number of anilines is 6. The summed E-state index contributed by atoms with van der Waals surface area (Å²) in [5.74, 6) is 0. The Bertz CT molecular complexity index is 2090. The van der Waals surface area contributed by atoms with E-state index in [-0.39, 0.29) is 0 Å². The van der Waals surface area contributed by atoms with E-state index >= 15 is 0 Å². The van der Waals surface area contributed by atoms with Gasteiger partial charge in [-0.15, -0.1) is 11.3 Å². The molecule has 43 heavy (non-hydrogen) atoms. The van der Waals surface area contributed by atoms with Gasteiger partial charge in [0, 0.05) is 38.2 Å². The van der Waals surface area contributed by atoms with Gasteiger partial charge in [-0.05, 0) is 71.4 Å². The zero-order valence-corrected chi connectivity index (χ0v) is 24.3. The molecule has 0 aliphatic rings. The summed E-state index contributed by atoms with van der Waals surface area (Å²) in [7, 11) is 0. The average molecular weight is 569 g/mol. The largest absolute Gasteiger partial charge is 0.308 e. The van der Waals surface area contributed by atoms with Crippen LogP contribution in [-0.4, -0.2) is 0 Å². The molecule has 8 aromatic rings. The minimum atomic E-state index is 1.11. The SMILES string of the molecule is c1ccc(N(c2ccccc2)c2ccc3c(sc4ccc5ccccc5c43)c2N(c2ccccc2)c2ccccc2)cc1. The summed E-state index contributed by atoms with van der Waals surface area (Å²) in [6.07, 6.45) is 0. The number of nitrogens with zero attached hydrogens (tertiary/aromatic N) is 2. The molecule has 0 saturated heterocycles. The Morgan fingerprint density at radius 3 is 1.42 bits per heavy atom. The normalized spacial score (nSPS) is 11.3. The van der Waals surface area contributed by atoms with E-state index in [1.165, 1.54) is 30.9 Å². The van der Waals surface area contributed by atoms with Crippen molar-refractivity contribution in [3.8, 4) is 0 Å². The van der Waals surface area contributed by atoms with E-state index in [0.29, 0.717) is 0 Å². The standard InChI is InChI=1S/C40H28N2S/c1-5-16-30(17-6-1)41(31-18-7-2-8-19-31)36-27-26-35-38-34-24-14-13-15-29(34)25-28-37(38)43-40(35)39(36)42(32-20-9-3-10-21-32)33-22-11-4-12-23-33/h1-28H. The summed E-state index contributed by atoms with van der Waals surface area (Å²) < 4.78 is 2.55. The summed E-state index contributed by atoms with van der Waals surface area (Å²) >= 11 is 1.87. The zero-order valence-electron chi connectivity index (χ0n) is 23.5. The fourth-order valence-electron chi connectivity index (χ4n) is 6.12. The van der Waals surface area contributed by atoms with Crippen LogP contribution in [0.25, 0.3) is 30.9 Å². The third-order valence-electron chi connectivity index (χ3n) is 8.00. The second-order valence-corrected chi connectivity index (χ2v) is 11.6. The van der Waals surface area contributed by atoms with Crippen LogP contribution in [0.2, 0.25) is 0 Å². The van der Waals surface area contributed by atoms with E-state index in [4.69, 9.17) is 0 Å².